The van der Waals surface area contributed by atoms with Gasteiger partial charge in [0.25, 0.3) is 0 Å². The number of esters is 1. The molecule has 0 bridgehead atoms. The summed E-state index contributed by atoms with van der Waals surface area (Å²) < 4.78 is 5.82. The molecule has 2 rings (SSSR count). The van der Waals surface area contributed by atoms with Crippen LogP contribution in [0, 0.1) is 11.3 Å². The van der Waals surface area contributed by atoms with Crippen LogP contribution in [-0.2, 0) is 4.74 Å². The van der Waals surface area contributed by atoms with Crippen LogP contribution in [0.25, 0.3) is 0 Å². The average Bonchev–Trinajstić information content (AvgIpc) is 2.50. The van der Waals surface area contributed by atoms with E-state index in [0.717, 1.165) is 14.3 Å². The van der Waals surface area contributed by atoms with E-state index in [1.54, 1.807) is 25.1 Å². The molecule has 0 radical (unpaired) electrons. The first-order chi connectivity index (χ1) is 10.1. The summed E-state index contributed by atoms with van der Waals surface area (Å²) in [6, 6.07) is 14.9. The normalized spacial score (nSPS) is 9.95. The summed E-state index contributed by atoms with van der Waals surface area (Å²) in [7, 11) is 0. The van der Waals surface area contributed by atoms with Crippen LogP contribution in [0.3, 0.4) is 0 Å². The number of halogens is 1. The van der Waals surface area contributed by atoms with Gasteiger partial charge in [-0.1, -0.05) is 27.7 Å². The molecule has 0 N–H and O–H groups in total. The van der Waals surface area contributed by atoms with Gasteiger partial charge in [-0.2, -0.15) is 5.26 Å². The van der Waals surface area contributed by atoms with Gasteiger partial charge in [0.2, 0.25) is 0 Å². The van der Waals surface area contributed by atoms with E-state index in [1.165, 1.54) is 11.8 Å². The predicted octanol–water partition coefficient (Wildman–Crippen LogP) is 4.65. The van der Waals surface area contributed by atoms with Gasteiger partial charge < -0.3 is 4.74 Å². The maximum Gasteiger partial charge on any atom is 0.338 e. The van der Waals surface area contributed by atoms with Crippen molar-refractivity contribution in [2.24, 2.45) is 0 Å². The van der Waals surface area contributed by atoms with E-state index in [1.807, 2.05) is 24.3 Å². The summed E-state index contributed by atoms with van der Waals surface area (Å²) in [6.07, 6.45) is 0. The van der Waals surface area contributed by atoms with Crippen molar-refractivity contribution in [3.8, 4) is 6.07 Å². The molecule has 0 fully saturated rings. The maximum absolute atomic E-state index is 11.6. The zero-order valence-electron chi connectivity index (χ0n) is 11.3. The number of carbonyl (C=O) groups excluding carboxylic acids is 1. The number of benzene rings is 2. The van der Waals surface area contributed by atoms with Crippen LogP contribution < -0.4 is 0 Å². The fraction of sp³-hybridized carbons (Fsp3) is 0.125. The van der Waals surface area contributed by atoms with Gasteiger partial charge in [0, 0.05) is 14.3 Å². The van der Waals surface area contributed by atoms with Crippen molar-refractivity contribution in [2.75, 3.05) is 6.61 Å². The van der Waals surface area contributed by atoms with Gasteiger partial charge in [0.15, 0.2) is 0 Å². The van der Waals surface area contributed by atoms with Crippen molar-refractivity contribution in [3.05, 3.63) is 58.1 Å². The Morgan fingerprint density at radius 2 is 2.00 bits per heavy atom. The molecule has 2 aromatic rings. The van der Waals surface area contributed by atoms with Crippen molar-refractivity contribution >= 4 is 33.7 Å². The van der Waals surface area contributed by atoms with E-state index < -0.39 is 0 Å². The van der Waals surface area contributed by atoms with Crippen molar-refractivity contribution in [3.63, 3.8) is 0 Å². The maximum atomic E-state index is 11.6. The molecule has 0 unspecified atom stereocenters. The van der Waals surface area contributed by atoms with Crippen molar-refractivity contribution in [2.45, 2.75) is 16.7 Å². The summed E-state index contributed by atoms with van der Waals surface area (Å²) in [5.41, 5.74) is 1.14. The van der Waals surface area contributed by atoms with Gasteiger partial charge in [0.1, 0.15) is 6.07 Å². The molecule has 0 saturated carbocycles. The summed E-state index contributed by atoms with van der Waals surface area (Å²) in [5.74, 6) is -0.324. The van der Waals surface area contributed by atoms with Crippen LogP contribution in [0.2, 0.25) is 0 Å². The molecule has 0 saturated heterocycles. The highest BCUT2D eigenvalue weighted by atomic mass is 79.9. The Hall–Kier alpha value is -1.77. The molecule has 0 aliphatic carbocycles. The van der Waals surface area contributed by atoms with Gasteiger partial charge in [0.05, 0.1) is 17.7 Å². The number of nitrogens with zero attached hydrogens (tertiary/aromatic N) is 1. The average molecular weight is 362 g/mol. The molecule has 0 aliphatic heterocycles. The Kier molecular flexibility index (Phi) is 5.43. The lowest BCUT2D eigenvalue weighted by molar-refractivity contribution is 0.0526. The molecular weight excluding hydrogens is 350 g/mol. The van der Waals surface area contributed by atoms with E-state index in [4.69, 9.17) is 10.00 Å². The molecule has 5 heteroatoms. The Morgan fingerprint density at radius 3 is 2.62 bits per heavy atom. The lowest BCUT2D eigenvalue weighted by atomic mass is 10.2. The predicted molar refractivity (Wildman–Crippen MR) is 85.4 cm³/mol. The van der Waals surface area contributed by atoms with E-state index in [-0.39, 0.29) is 5.97 Å². The third-order valence-electron chi connectivity index (χ3n) is 2.66. The third kappa shape index (κ3) is 4.10. The highest BCUT2D eigenvalue weighted by Crippen LogP contribution is 2.31. The van der Waals surface area contributed by atoms with E-state index >= 15 is 0 Å². The SMILES string of the molecule is CCOC(=O)c1ccc(Sc2ccc(Br)cc2C#N)cc1. The molecular formula is C16H12BrNO2S. The number of hydrogen-bond donors (Lipinski definition) is 0. The number of ether oxygens (including phenoxy) is 1. The van der Waals surface area contributed by atoms with Gasteiger partial charge in [-0.25, -0.2) is 4.79 Å². The summed E-state index contributed by atoms with van der Waals surface area (Å²) >= 11 is 4.84. The van der Waals surface area contributed by atoms with Crippen LogP contribution in [-0.4, -0.2) is 12.6 Å². The minimum Gasteiger partial charge on any atom is -0.462 e. The minimum absolute atomic E-state index is 0.324. The summed E-state index contributed by atoms with van der Waals surface area (Å²) in [4.78, 5) is 13.4. The Labute approximate surface area is 136 Å². The summed E-state index contributed by atoms with van der Waals surface area (Å²) in [5, 5.41) is 9.15. The zero-order chi connectivity index (χ0) is 15.2. The van der Waals surface area contributed by atoms with Crippen molar-refractivity contribution < 1.29 is 9.53 Å². The van der Waals surface area contributed by atoms with Gasteiger partial charge in [-0.3, -0.25) is 0 Å². The standard InChI is InChI=1S/C16H12BrNO2S/c1-2-20-16(19)11-3-6-14(7-4-11)21-15-8-5-13(17)9-12(15)10-18/h3-9H,2H2,1H3. The number of carbonyl (C=O) groups is 1. The first-order valence-corrected chi connectivity index (χ1v) is 7.89. The van der Waals surface area contributed by atoms with Crippen LogP contribution in [0.1, 0.15) is 22.8 Å². The van der Waals surface area contributed by atoms with Crippen LogP contribution in [0.15, 0.2) is 56.7 Å². The van der Waals surface area contributed by atoms with E-state index in [2.05, 4.69) is 22.0 Å². The van der Waals surface area contributed by atoms with Crippen LogP contribution in [0.4, 0.5) is 0 Å². The number of nitriles is 1. The Bertz CT molecular complexity index is 692. The van der Waals surface area contributed by atoms with Crippen LogP contribution in [0.5, 0.6) is 0 Å². The fourth-order valence-electron chi connectivity index (χ4n) is 1.68. The molecule has 2 aromatic carbocycles. The quantitative estimate of drug-likeness (QED) is 0.743. The van der Waals surface area contributed by atoms with Gasteiger partial charge in [-0.15, -0.1) is 0 Å². The second-order valence-electron chi connectivity index (χ2n) is 4.10. The number of hydrogen-bond acceptors (Lipinski definition) is 4. The van der Waals surface area contributed by atoms with Crippen molar-refractivity contribution in [1.29, 1.82) is 5.26 Å². The highest BCUT2D eigenvalue weighted by Gasteiger charge is 2.08. The highest BCUT2D eigenvalue weighted by molar-refractivity contribution is 9.10. The molecule has 0 amide bonds. The molecule has 21 heavy (non-hydrogen) atoms. The van der Waals surface area contributed by atoms with E-state index in [9.17, 15) is 4.79 Å². The monoisotopic (exact) mass is 361 g/mol. The zero-order valence-corrected chi connectivity index (χ0v) is 13.7. The molecule has 0 aliphatic rings. The van der Waals surface area contributed by atoms with Crippen molar-refractivity contribution in [1.82, 2.24) is 0 Å². The largest absolute Gasteiger partial charge is 0.462 e. The Balaban J connectivity index is 2.18. The second-order valence-corrected chi connectivity index (χ2v) is 6.13. The molecule has 0 aromatic heterocycles. The van der Waals surface area contributed by atoms with Gasteiger partial charge in [-0.05, 0) is 49.4 Å². The smallest absolute Gasteiger partial charge is 0.338 e. The third-order valence-corrected chi connectivity index (χ3v) is 4.23. The summed E-state index contributed by atoms with van der Waals surface area (Å²) in [6.45, 7) is 2.14. The first-order valence-electron chi connectivity index (χ1n) is 6.28. The number of rotatable bonds is 4. The molecule has 0 atom stereocenters. The van der Waals surface area contributed by atoms with E-state index in [0.29, 0.717) is 17.7 Å². The second kappa shape index (κ2) is 7.30. The molecule has 106 valence electrons. The molecule has 0 spiro atoms. The lowest BCUT2D eigenvalue weighted by Gasteiger charge is -2.06. The lowest BCUT2D eigenvalue weighted by Crippen LogP contribution is -2.03. The fourth-order valence-corrected chi connectivity index (χ4v) is 2.92. The molecule has 0 heterocycles. The minimum atomic E-state index is -0.324. The van der Waals surface area contributed by atoms with Crippen LogP contribution >= 0.6 is 27.7 Å². The Morgan fingerprint density at radius 1 is 1.29 bits per heavy atom. The first kappa shape index (κ1) is 15.6. The molecule has 3 nitrogen and oxygen atoms in total. The topological polar surface area (TPSA) is 50.1 Å². The van der Waals surface area contributed by atoms with Gasteiger partial charge >= 0.3 is 5.97 Å².